The molecule has 3 N–H and O–H groups in total. The number of hydrogen-bond acceptors (Lipinski definition) is 5. The highest BCUT2D eigenvalue weighted by molar-refractivity contribution is 5.95. The van der Waals surface area contributed by atoms with Crippen molar-refractivity contribution in [3.05, 3.63) is 77.5 Å². The summed E-state index contributed by atoms with van der Waals surface area (Å²) in [5.41, 5.74) is 8.51. The molecule has 0 unspecified atom stereocenters. The topological polar surface area (TPSA) is 99.2 Å². The average molecular weight is 378 g/mol. The third kappa shape index (κ3) is 4.03. The summed E-state index contributed by atoms with van der Waals surface area (Å²) >= 11 is 0. The van der Waals surface area contributed by atoms with Crippen LogP contribution in [0.1, 0.15) is 39.1 Å². The van der Waals surface area contributed by atoms with Gasteiger partial charge in [-0.1, -0.05) is 37.3 Å². The van der Waals surface area contributed by atoms with Crippen molar-refractivity contribution in [1.29, 1.82) is 0 Å². The van der Waals surface area contributed by atoms with Crippen molar-refractivity contribution in [3.8, 4) is 5.69 Å². The molecule has 3 rings (SSSR count). The fourth-order valence-electron chi connectivity index (χ4n) is 2.83. The zero-order valence-electron chi connectivity index (χ0n) is 15.8. The Hall–Kier alpha value is -3.61. The maximum absolute atomic E-state index is 12.4. The zero-order chi connectivity index (χ0) is 20.1. The summed E-state index contributed by atoms with van der Waals surface area (Å²) in [5.74, 6) is -0.309. The number of amides is 1. The number of anilines is 1. The normalized spacial score (nSPS) is 11.6. The van der Waals surface area contributed by atoms with Crippen molar-refractivity contribution in [2.75, 3.05) is 19.4 Å². The van der Waals surface area contributed by atoms with Gasteiger partial charge in [0.15, 0.2) is 0 Å². The maximum atomic E-state index is 12.4. The molecule has 1 aromatic heterocycles. The highest BCUT2D eigenvalue weighted by atomic mass is 16.5. The van der Waals surface area contributed by atoms with Gasteiger partial charge in [-0.25, -0.2) is 9.48 Å². The van der Waals surface area contributed by atoms with E-state index in [1.807, 2.05) is 30.3 Å². The van der Waals surface area contributed by atoms with Crippen molar-refractivity contribution < 1.29 is 14.3 Å². The molecule has 0 aliphatic rings. The molecule has 3 aromatic rings. The van der Waals surface area contributed by atoms with E-state index in [0.717, 1.165) is 0 Å². The zero-order valence-corrected chi connectivity index (χ0v) is 15.8. The second kappa shape index (κ2) is 8.39. The second-order valence-corrected chi connectivity index (χ2v) is 6.42. The van der Waals surface area contributed by atoms with Gasteiger partial charge in [0.25, 0.3) is 5.91 Å². The minimum atomic E-state index is -0.549. The Morgan fingerprint density at radius 1 is 1.14 bits per heavy atom. The average Bonchev–Trinajstić information content (AvgIpc) is 3.13. The van der Waals surface area contributed by atoms with Crippen LogP contribution in [0.3, 0.4) is 0 Å². The third-order valence-corrected chi connectivity index (χ3v) is 4.52. The number of hydrogen-bond donors (Lipinski definition) is 2. The molecule has 0 fully saturated rings. The van der Waals surface area contributed by atoms with Crippen molar-refractivity contribution in [1.82, 2.24) is 15.1 Å². The second-order valence-electron chi connectivity index (χ2n) is 6.42. The number of nitrogen functional groups attached to an aromatic ring is 1. The van der Waals surface area contributed by atoms with Gasteiger partial charge in [-0.15, -0.1) is 0 Å². The van der Waals surface area contributed by atoms with Crippen LogP contribution in [-0.4, -0.2) is 35.3 Å². The number of carbonyl (C=O) groups is 2. The summed E-state index contributed by atoms with van der Waals surface area (Å²) in [6.07, 6.45) is 1.35. The van der Waals surface area contributed by atoms with Crippen LogP contribution in [0.25, 0.3) is 5.69 Å². The Morgan fingerprint density at radius 3 is 2.46 bits per heavy atom. The Kier molecular flexibility index (Phi) is 5.74. The lowest BCUT2D eigenvalue weighted by molar-refractivity contribution is 0.0601. The van der Waals surface area contributed by atoms with E-state index in [1.54, 1.807) is 24.3 Å². The van der Waals surface area contributed by atoms with E-state index >= 15 is 0 Å². The Balaban J connectivity index is 1.66. The van der Waals surface area contributed by atoms with Gasteiger partial charge < -0.3 is 15.8 Å². The molecule has 0 aliphatic carbocycles. The first kappa shape index (κ1) is 19.2. The molecule has 0 saturated heterocycles. The Morgan fingerprint density at radius 2 is 1.82 bits per heavy atom. The number of nitrogens with two attached hydrogens (primary N) is 1. The summed E-state index contributed by atoms with van der Waals surface area (Å²) in [6.45, 7) is 2.61. The molecule has 144 valence electrons. The van der Waals surface area contributed by atoms with E-state index in [0.29, 0.717) is 17.8 Å². The van der Waals surface area contributed by atoms with Crippen molar-refractivity contribution >= 4 is 17.7 Å². The van der Waals surface area contributed by atoms with E-state index in [1.165, 1.54) is 23.6 Å². The summed E-state index contributed by atoms with van der Waals surface area (Å²) in [4.78, 5) is 24.1. The van der Waals surface area contributed by atoms with Gasteiger partial charge in [0.1, 0.15) is 11.4 Å². The molecule has 0 bridgehead atoms. The number of benzene rings is 2. The molecule has 0 saturated carbocycles. The van der Waals surface area contributed by atoms with Crippen LogP contribution in [0, 0.1) is 0 Å². The number of nitrogens with zero attached hydrogens (tertiary/aromatic N) is 2. The highest BCUT2D eigenvalue weighted by Crippen LogP contribution is 2.18. The SMILES string of the molecule is COC(=O)c1cnn(-c2ccc(C(=O)NC[C@@H](C)c3ccccc3)cc2)c1N. The van der Waals surface area contributed by atoms with E-state index in [2.05, 4.69) is 22.1 Å². The molecule has 28 heavy (non-hydrogen) atoms. The molecule has 1 atom stereocenters. The molecular formula is C21H22N4O3. The van der Waals surface area contributed by atoms with Gasteiger partial charge in [0, 0.05) is 12.1 Å². The summed E-state index contributed by atoms with van der Waals surface area (Å²) in [5, 5.41) is 7.06. The van der Waals surface area contributed by atoms with Crippen LogP contribution in [0.5, 0.6) is 0 Å². The van der Waals surface area contributed by atoms with Crippen LogP contribution in [-0.2, 0) is 4.74 Å². The van der Waals surface area contributed by atoms with Crippen LogP contribution in [0.15, 0.2) is 60.8 Å². The predicted molar refractivity (Wildman–Crippen MR) is 107 cm³/mol. The smallest absolute Gasteiger partial charge is 0.343 e. The number of ether oxygens (including phenoxy) is 1. The van der Waals surface area contributed by atoms with Crippen LogP contribution >= 0.6 is 0 Å². The van der Waals surface area contributed by atoms with Crippen LogP contribution in [0.2, 0.25) is 0 Å². The number of carbonyl (C=O) groups excluding carboxylic acids is 2. The molecule has 7 nitrogen and oxygen atoms in total. The minimum absolute atomic E-state index is 0.155. The van der Waals surface area contributed by atoms with Gasteiger partial charge in [-0.3, -0.25) is 4.79 Å². The number of aromatic nitrogens is 2. The molecular weight excluding hydrogens is 356 g/mol. The van der Waals surface area contributed by atoms with Crippen molar-refractivity contribution in [2.45, 2.75) is 12.8 Å². The number of esters is 1. The van der Waals surface area contributed by atoms with Gasteiger partial charge in [0.2, 0.25) is 0 Å². The minimum Gasteiger partial charge on any atom is -0.465 e. The van der Waals surface area contributed by atoms with Crippen LogP contribution in [0.4, 0.5) is 5.82 Å². The molecule has 1 amide bonds. The lowest BCUT2D eigenvalue weighted by atomic mass is 10.0. The molecule has 0 aliphatic heterocycles. The molecule has 7 heteroatoms. The first-order chi connectivity index (χ1) is 13.5. The number of methoxy groups -OCH3 is 1. The van der Waals surface area contributed by atoms with Gasteiger partial charge in [-0.05, 0) is 35.7 Å². The van der Waals surface area contributed by atoms with E-state index in [-0.39, 0.29) is 23.2 Å². The van der Waals surface area contributed by atoms with Crippen molar-refractivity contribution in [3.63, 3.8) is 0 Å². The Labute approximate surface area is 163 Å². The number of rotatable bonds is 6. The molecule has 0 radical (unpaired) electrons. The van der Waals surface area contributed by atoms with E-state index in [4.69, 9.17) is 5.73 Å². The summed E-state index contributed by atoms with van der Waals surface area (Å²) in [7, 11) is 1.28. The molecule has 2 aromatic carbocycles. The van der Waals surface area contributed by atoms with Crippen molar-refractivity contribution in [2.24, 2.45) is 0 Å². The quantitative estimate of drug-likeness (QED) is 0.643. The van der Waals surface area contributed by atoms with Gasteiger partial charge >= 0.3 is 5.97 Å². The first-order valence-electron chi connectivity index (χ1n) is 8.86. The molecule has 1 heterocycles. The van der Waals surface area contributed by atoms with Gasteiger partial charge in [-0.2, -0.15) is 5.10 Å². The fourth-order valence-corrected chi connectivity index (χ4v) is 2.83. The summed E-state index contributed by atoms with van der Waals surface area (Å²) in [6, 6.07) is 16.9. The fraction of sp³-hybridized carbons (Fsp3) is 0.190. The number of nitrogens with one attached hydrogen (secondary N) is 1. The Bertz CT molecular complexity index is 965. The molecule has 0 spiro atoms. The first-order valence-corrected chi connectivity index (χ1v) is 8.86. The maximum Gasteiger partial charge on any atom is 0.343 e. The lowest BCUT2D eigenvalue weighted by Gasteiger charge is -2.13. The lowest BCUT2D eigenvalue weighted by Crippen LogP contribution is -2.27. The summed E-state index contributed by atoms with van der Waals surface area (Å²) < 4.78 is 6.09. The predicted octanol–water partition coefficient (Wildman–Crippen LogP) is 2.77. The monoisotopic (exact) mass is 378 g/mol. The van der Waals surface area contributed by atoms with E-state index in [9.17, 15) is 9.59 Å². The standard InChI is InChI=1S/C21H22N4O3/c1-14(15-6-4-3-5-7-15)12-23-20(26)16-8-10-17(11-9-16)25-19(22)18(13-24-25)21(27)28-2/h3-11,13-14H,12,22H2,1-2H3,(H,23,26)/t14-/m1/s1. The van der Waals surface area contributed by atoms with Gasteiger partial charge in [0.05, 0.1) is 19.0 Å². The largest absolute Gasteiger partial charge is 0.465 e. The van der Waals surface area contributed by atoms with Crippen LogP contribution < -0.4 is 11.1 Å². The highest BCUT2D eigenvalue weighted by Gasteiger charge is 2.17. The third-order valence-electron chi connectivity index (χ3n) is 4.52. The van der Waals surface area contributed by atoms with E-state index < -0.39 is 5.97 Å².